The Kier molecular flexibility index (Phi) is 4.66. The van der Waals surface area contributed by atoms with Gasteiger partial charge in [0.15, 0.2) is 0 Å². The number of carbonyl (C=O) groups excluding carboxylic acids is 1. The van der Waals surface area contributed by atoms with Gasteiger partial charge in [0.25, 0.3) is 0 Å². The quantitative estimate of drug-likeness (QED) is 0.506. The first kappa shape index (κ1) is 11.2. The molecule has 0 atom stereocenters. The zero-order chi connectivity index (χ0) is 10.4. The SMILES string of the molecule is CCOC(=O)/C=C/C1CCN(C)CC1. The van der Waals surface area contributed by atoms with Gasteiger partial charge in [-0.15, -0.1) is 0 Å². The third-order valence-corrected chi connectivity index (χ3v) is 2.55. The summed E-state index contributed by atoms with van der Waals surface area (Å²) in [7, 11) is 2.13. The van der Waals surface area contributed by atoms with Crippen LogP contribution in [0.2, 0.25) is 0 Å². The molecule has 1 heterocycles. The number of hydrogen-bond donors (Lipinski definition) is 0. The molecule has 14 heavy (non-hydrogen) atoms. The van der Waals surface area contributed by atoms with Crippen LogP contribution < -0.4 is 0 Å². The minimum absolute atomic E-state index is 0.216. The summed E-state index contributed by atoms with van der Waals surface area (Å²) in [6.45, 7) is 4.52. The van der Waals surface area contributed by atoms with Gasteiger partial charge in [-0.3, -0.25) is 0 Å². The summed E-state index contributed by atoms with van der Waals surface area (Å²) in [6.07, 6.45) is 5.85. The molecule has 0 aliphatic carbocycles. The van der Waals surface area contributed by atoms with E-state index in [0.29, 0.717) is 12.5 Å². The number of likely N-dealkylation sites (tertiary alicyclic amines) is 1. The van der Waals surface area contributed by atoms with Gasteiger partial charge in [-0.2, -0.15) is 0 Å². The van der Waals surface area contributed by atoms with Crippen LogP contribution >= 0.6 is 0 Å². The highest BCUT2D eigenvalue weighted by Crippen LogP contribution is 2.16. The third-order valence-electron chi connectivity index (χ3n) is 2.55. The number of nitrogens with zero attached hydrogens (tertiary/aromatic N) is 1. The van der Waals surface area contributed by atoms with Crippen LogP contribution in [0.25, 0.3) is 0 Å². The van der Waals surface area contributed by atoms with Gasteiger partial charge < -0.3 is 9.64 Å². The Morgan fingerprint density at radius 3 is 2.71 bits per heavy atom. The number of rotatable bonds is 3. The van der Waals surface area contributed by atoms with Gasteiger partial charge in [-0.05, 0) is 45.8 Å². The maximum absolute atomic E-state index is 11.0. The van der Waals surface area contributed by atoms with Gasteiger partial charge in [0, 0.05) is 6.08 Å². The molecule has 1 aliphatic rings. The smallest absolute Gasteiger partial charge is 0.330 e. The van der Waals surface area contributed by atoms with E-state index in [1.807, 2.05) is 13.0 Å². The van der Waals surface area contributed by atoms with E-state index >= 15 is 0 Å². The fourth-order valence-electron chi connectivity index (χ4n) is 1.63. The Bertz CT molecular complexity index is 205. The van der Waals surface area contributed by atoms with Crippen LogP contribution in [-0.2, 0) is 9.53 Å². The first-order valence-electron chi connectivity index (χ1n) is 5.26. The van der Waals surface area contributed by atoms with Gasteiger partial charge >= 0.3 is 5.97 Å². The van der Waals surface area contributed by atoms with E-state index in [-0.39, 0.29) is 5.97 Å². The lowest BCUT2D eigenvalue weighted by Gasteiger charge is -2.26. The molecule has 3 nitrogen and oxygen atoms in total. The van der Waals surface area contributed by atoms with Crippen molar-refractivity contribution >= 4 is 5.97 Å². The molecule has 0 radical (unpaired) electrons. The molecule has 0 aromatic carbocycles. The summed E-state index contributed by atoms with van der Waals surface area (Å²) < 4.78 is 4.82. The molecule has 1 rings (SSSR count). The van der Waals surface area contributed by atoms with Crippen LogP contribution in [0, 0.1) is 5.92 Å². The molecule has 0 bridgehead atoms. The molecular formula is C11H19NO2. The summed E-state index contributed by atoms with van der Waals surface area (Å²) in [6, 6.07) is 0. The number of ether oxygens (including phenoxy) is 1. The molecule has 0 unspecified atom stereocenters. The van der Waals surface area contributed by atoms with Crippen LogP contribution in [0.4, 0.5) is 0 Å². The van der Waals surface area contributed by atoms with Gasteiger partial charge in [0.1, 0.15) is 0 Å². The summed E-state index contributed by atoms with van der Waals surface area (Å²) in [5, 5.41) is 0. The maximum Gasteiger partial charge on any atom is 0.330 e. The van der Waals surface area contributed by atoms with E-state index in [0.717, 1.165) is 25.9 Å². The molecule has 0 aromatic rings. The van der Waals surface area contributed by atoms with Crippen molar-refractivity contribution in [2.75, 3.05) is 26.7 Å². The number of piperidine rings is 1. The van der Waals surface area contributed by atoms with Crippen LogP contribution in [0.15, 0.2) is 12.2 Å². The Morgan fingerprint density at radius 1 is 1.50 bits per heavy atom. The van der Waals surface area contributed by atoms with E-state index in [1.54, 1.807) is 6.08 Å². The van der Waals surface area contributed by atoms with E-state index in [4.69, 9.17) is 4.74 Å². The second kappa shape index (κ2) is 5.81. The van der Waals surface area contributed by atoms with E-state index in [9.17, 15) is 4.79 Å². The molecule has 0 aromatic heterocycles. The van der Waals surface area contributed by atoms with Crippen molar-refractivity contribution < 1.29 is 9.53 Å². The predicted octanol–water partition coefficient (Wildman–Crippen LogP) is 1.45. The van der Waals surface area contributed by atoms with Crippen molar-refractivity contribution in [2.24, 2.45) is 5.92 Å². The van der Waals surface area contributed by atoms with E-state index in [2.05, 4.69) is 11.9 Å². The van der Waals surface area contributed by atoms with Crippen molar-refractivity contribution in [1.82, 2.24) is 4.90 Å². The molecule has 0 amide bonds. The van der Waals surface area contributed by atoms with Crippen LogP contribution in [0.1, 0.15) is 19.8 Å². The molecule has 0 N–H and O–H groups in total. The molecule has 0 spiro atoms. The van der Waals surface area contributed by atoms with E-state index in [1.165, 1.54) is 0 Å². The van der Waals surface area contributed by atoms with Crippen LogP contribution in [0.3, 0.4) is 0 Å². The Balaban J connectivity index is 2.26. The fourth-order valence-corrected chi connectivity index (χ4v) is 1.63. The largest absolute Gasteiger partial charge is 0.463 e. The lowest BCUT2D eigenvalue weighted by molar-refractivity contribution is -0.137. The normalized spacial score (nSPS) is 20.1. The second-order valence-electron chi connectivity index (χ2n) is 3.75. The van der Waals surface area contributed by atoms with Crippen molar-refractivity contribution in [3.05, 3.63) is 12.2 Å². The van der Waals surface area contributed by atoms with Crippen LogP contribution in [-0.4, -0.2) is 37.6 Å². The summed E-state index contributed by atoms with van der Waals surface area (Å²) in [5.41, 5.74) is 0. The van der Waals surface area contributed by atoms with Crippen molar-refractivity contribution in [3.8, 4) is 0 Å². The lowest BCUT2D eigenvalue weighted by atomic mass is 9.97. The standard InChI is InChI=1S/C11H19NO2/c1-3-14-11(13)5-4-10-6-8-12(2)9-7-10/h4-5,10H,3,6-9H2,1-2H3/b5-4+. The molecule has 1 fully saturated rings. The van der Waals surface area contributed by atoms with Crippen molar-refractivity contribution in [3.63, 3.8) is 0 Å². The number of allylic oxidation sites excluding steroid dienone is 1. The summed E-state index contributed by atoms with van der Waals surface area (Å²) in [4.78, 5) is 13.3. The number of hydrogen-bond acceptors (Lipinski definition) is 3. The highest BCUT2D eigenvalue weighted by molar-refractivity contribution is 5.81. The van der Waals surface area contributed by atoms with Gasteiger partial charge in [0.2, 0.25) is 0 Å². The predicted molar refractivity (Wildman–Crippen MR) is 56.0 cm³/mol. The zero-order valence-electron chi connectivity index (χ0n) is 9.03. The molecule has 1 aliphatic heterocycles. The fraction of sp³-hybridized carbons (Fsp3) is 0.727. The highest BCUT2D eigenvalue weighted by atomic mass is 16.5. The second-order valence-corrected chi connectivity index (χ2v) is 3.75. The Labute approximate surface area is 85.7 Å². The molecule has 3 heteroatoms. The molecule has 80 valence electrons. The van der Waals surface area contributed by atoms with Crippen molar-refractivity contribution in [2.45, 2.75) is 19.8 Å². The Morgan fingerprint density at radius 2 is 2.14 bits per heavy atom. The highest BCUT2D eigenvalue weighted by Gasteiger charge is 2.13. The first-order valence-corrected chi connectivity index (χ1v) is 5.26. The van der Waals surface area contributed by atoms with Crippen LogP contribution in [0.5, 0.6) is 0 Å². The minimum atomic E-state index is -0.216. The summed E-state index contributed by atoms with van der Waals surface area (Å²) >= 11 is 0. The molecular weight excluding hydrogens is 178 g/mol. The monoisotopic (exact) mass is 197 g/mol. The number of esters is 1. The third kappa shape index (κ3) is 3.92. The lowest BCUT2D eigenvalue weighted by Crippen LogP contribution is -2.29. The summed E-state index contributed by atoms with van der Waals surface area (Å²) in [5.74, 6) is 0.335. The number of carbonyl (C=O) groups is 1. The minimum Gasteiger partial charge on any atom is -0.463 e. The Hall–Kier alpha value is -0.830. The molecule has 1 saturated heterocycles. The van der Waals surface area contributed by atoms with Gasteiger partial charge in [-0.1, -0.05) is 6.08 Å². The maximum atomic E-state index is 11.0. The average molecular weight is 197 g/mol. The van der Waals surface area contributed by atoms with Gasteiger partial charge in [0.05, 0.1) is 6.61 Å². The van der Waals surface area contributed by atoms with E-state index < -0.39 is 0 Å². The van der Waals surface area contributed by atoms with Gasteiger partial charge in [-0.25, -0.2) is 4.79 Å². The zero-order valence-corrected chi connectivity index (χ0v) is 9.03. The molecule has 0 saturated carbocycles. The average Bonchev–Trinajstić information content (AvgIpc) is 2.17. The van der Waals surface area contributed by atoms with Crippen molar-refractivity contribution in [1.29, 1.82) is 0 Å². The topological polar surface area (TPSA) is 29.5 Å². The first-order chi connectivity index (χ1) is 6.72.